The average Bonchev–Trinajstić information content (AvgIpc) is 3.08. The van der Waals surface area contributed by atoms with Crippen molar-refractivity contribution in [2.24, 2.45) is 0 Å². The smallest absolute Gasteiger partial charge is 0.234 e. The molecule has 140 valence electrons. The molecule has 1 amide bonds. The Morgan fingerprint density at radius 3 is 2.63 bits per heavy atom. The summed E-state index contributed by atoms with van der Waals surface area (Å²) < 4.78 is 13.9. The number of amides is 1. The van der Waals surface area contributed by atoms with Crippen molar-refractivity contribution < 1.29 is 9.18 Å². The third kappa shape index (κ3) is 5.66. The van der Waals surface area contributed by atoms with Crippen molar-refractivity contribution in [1.29, 1.82) is 0 Å². The molecule has 0 saturated heterocycles. The topological polar surface area (TPSA) is 70.2 Å². The van der Waals surface area contributed by atoms with Gasteiger partial charge in [0.1, 0.15) is 5.82 Å². The number of rotatable bonds is 7. The number of benzene rings is 2. The molecule has 0 atom stereocenters. The fourth-order valence-electron chi connectivity index (χ4n) is 2.18. The second-order valence-corrected chi connectivity index (χ2v) is 7.99. The number of anilines is 4. The quantitative estimate of drug-likeness (QED) is 0.576. The van der Waals surface area contributed by atoms with Gasteiger partial charge in [-0.25, -0.2) is 4.39 Å². The summed E-state index contributed by atoms with van der Waals surface area (Å²) in [6.45, 7) is 0. The van der Waals surface area contributed by atoms with Crippen LogP contribution < -0.4 is 15.5 Å². The first-order valence-electron chi connectivity index (χ1n) is 8.06. The minimum Gasteiger partial charge on any atom is -0.378 e. The van der Waals surface area contributed by atoms with Gasteiger partial charge in [-0.15, -0.1) is 10.2 Å². The van der Waals surface area contributed by atoms with Crippen LogP contribution in [-0.4, -0.2) is 36.0 Å². The summed E-state index contributed by atoms with van der Waals surface area (Å²) in [6, 6.07) is 13.7. The van der Waals surface area contributed by atoms with Gasteiger partial charge in [-0.3, -0.25) is 4.79 Å². The Morgan fingerprint density at radius 1 is 1.15 bits per heavy atom. The zero-order valence-electron chi connectivity index (χ0n) is 14.8. The third-order valence-corrected chi connectivity index (χ3v) is 5.45. The van der Waals surface area contributed by atoms with Gasteiger partial charge in [-0.1, -0.05) is 29.2 Å². The molecule has 3 aromatic rings. The van der Waals surface area contributed by atoms with Gasteiger partial charge in [0.15, 0.2) is 4.34 Å². The number of thioether (sulfide) groups is 1. The molecule has 6 nitrogen and oxygen atoms in total. The number of carbonyl (C=O) groups is 1. The third-order valence-electron chi connectivity index (χ3n) is 3.48. The van der Waals surface area contributed by atoms with E-state index in [-0.39, 0.29) is 17.5 Å². The Labute approximate surface area is 164 Å². The van der Waals surface area contributed by atoms with E-state index < -0.39 is 0 Å². The van der Waals surface area contributed by atoms with Gasteiger partial charge < -0.3 is 15.5 Å². The van der Waals surface area contributed by atoms with Gasteiger partial charge in [0.05, 0.1) is 5.75 Å². The summed E-state index contributed by atoms with van der Waals surface area (Å²) in [5.41, 5.74) is 2.41. The van der Waals surface area contributed by atoms with Gasteiger partial charge in [0.25, 0.3) is 0 Å². The lowest BCUT2D eigenvalue weighted by Crippen LogP contribution is -2.14. The molecular formula is C18H18FN5OS2. The van der Waals surface area contributed by atoms with E-state index in [9.17, 15) is 9.18 Å². The van der Waals surface area contributed by atoms with Crippen LogP contribution in [0.5, 0.6) is 0 Å². The number of hydrogen-bond donors (Lipinski definition) is 2. The Balaban J connectivity index is 1.49. The standard InChI is InChI=1S/C18H18FN5OS2/c1-24(2)15-8-6-13(7-9-15)20-16(25)11-26-18-23-22-17(27-18)21-14-5-3-4-12(19)10-14/h3-10H,11H2,1-2H3,(H,20,25)(H,21,22). The maximum absolute atomic E-state index is 13.2. The number of aromatic nitrogens is 2. The van der Waals surface area contributed by atoms with Crippen molar-refractivity contribution in [3.8, 4) is 0 Å². The van der Waals surface area contributed by atoms with Crippen LogP contribution in [0.4, 0.5) is 26.6 Å². The van der Waals surface area contributed by atoms with E-state index in [0.29, 0.717) is 15.2 Å². The zero-order chi connectivity index (χ0) is 19.2. The summed E-state index contributed by atoms with van der Waals surface area (Å²) in [7, 11) is 3.92. The number of nitrogens with zero attached hydrogens (tertiary/aromatic N) is 3. The Kier molecular flexibility index (Phi) is 6.25. The maximum atomic E-state index is 13.2. The highest BCUT2D eigenvalue weighted by Crippen LogP contribution is 2.28. The maximum Gasteiger partial charge on any atom is 0.234 e. The first kappa shape index (κ1) is 19.1. The SMILES string of the molecule is CN(C)c1ccc(NC(=O)CSc2nnc(Nc3cccc(F)c3)s2)cc1. The van der Waals surface area contributed by atoms with Gasteiger partial charge >= 0.3 is 0 Å². The van der Waals surface area contributed by atoms with Crippen molar-refractivity contribution in [3.63, 3.8) is 0 Å². The summed E-state index contributed by atoms with van der Waals surface area (Å²) >= 11 is 2.61. The molecule has 0 radical (unpaired) electrons. The highest BCUT2D eigenvalue weighted by atomic mass is 32.2. The minimum absolute atomic E-state index is 0.118. The van der Waals surface area contributed by atoms with Crippen LogP contribution in [-0.2, 0) is 4.79 Å². The molecule has 0 aliphatic rings. The summed E-state index contributed by atoms with van der Waals surface area (Å²) in [6.07, 6.45) is 0. The molecule has 9 heteroatoms. The lowest BCUT2D eigenvalue weighted by Gasteiger charge is -2.12. The molecule has 2 N–H and O–H groups in total. The van der Waals surface area contributed by atoms with E-state index >= 15 is 0 Å². The van der Waals surface area contributed by atoms with Crippen LogP contribution in [0.15, 0.2) is 52.9 Å². The zero-order valence-corrected chi connectivity index (χ0v) is 16.4. The molecule has 2 aromatic carbocycles. The highest BCUT2D eigenvalue weighted by molar-refractivity contribution is 8.01. The molecule has 0 aliphatic heterocycles. The number of halogens is 1. The Bertz CT molecular complexity index is 914. The van der Waals surface area contributed by atoms with Crippen LogP contribution in [0, 0.1) is 5.82 Å². The number of hydrogen-bond acceptors (Lipinski definition) is 7. The van der Waals surface area contributed by atoms with Crippen LogP contribution in [0.1, 0.15) is 0 Å². The largest absolute Gasteiger partial charge is 0.378 e. The van der Waals surface area contributed by atoms with Crippen LogP contribution in [0.3, 0.4) is 0 Å². The second kappa shape index (κ2) is 8.83. The van der Waals surface area contributed by atoms with Gasteiger partial charge in [0, 0.05) is 31.2 Å². The summed E-state index contributed by atoms with van der Waals surface area (Å²) in [5.74, 6) is -0.217. The highest BCUT2D eigenvalue weighted by Gasteiger charge is 2.09. The van der Waals surface area contributed by atoms with E-state index in [2.05, 4.69) is 20.8 Å². The van der Waals surface area contributed by atoms with E-state index in [0.717, 1.165) is 11.4 Å². The Hall–Kier alpha value is -2.65. The first-order chi connectivity index (χ1) is 13.0. The molecule has 3 rings (SSSR count). The predicted octanol–water partition coefficient (Wildman–Crippen LogP) is 4.22. The normalized spacial score (nSPS) is 10.5. The predicted molar refractivity (Wildman–Crippen MR) is 110 cm³/mol. The fourth-order valence-corrected chi connectivity index (χ4v) is 3.75. The molecule has 0 fully saturated rings. The monoisotopic (exact) mass is 403 g/mol. The van der Waals surface area contributed by atoms with Crippen molar-refractivity contribution in [3.05, 3.63) is 54.3 Å². The minimum atomic E-state index is -0.325. The van der Waals surface area contributed by atoms with Crippen LogP contribution >= 0.6 is 23.1 Å². The lowest BCUT2D eigenvalue weighted by atomic mass is 10.2. The number of carbonyl (C=O) groups excluding carboxylic acids is 1. The molecular weight excluding hydrogens is 385 g/mol. The van der Waals surface area contributed by atoms with Gasteiger partial charge in [0.2, 0.25) is 11.0 Å². The van der Waals surface area contributed by atoms with E-state index in [4.69, 9.17) is 0 Å². The second-order valence-electron chi connectivity index (χ2n) is 5.79. The van der Waals surface area contributed by atoms with Crippen molar-refractivity contribution in [2.75, 3.05) is 35.4 Å². The van der Waals surface area contributed by atoms with E-state index in [1.807, 2.05) is 43.3 Å². The molecule has 1 aromatic heterocycles. The molecule has 0 saturated carbocycles. The summed E-state index contributed by atoms with van der Waals surface area (Å²) in [5, 5.41) is 14.4. The Morgan fingerprint density at radius 2 is 1.93 bits per heavy atom. The molecule has 27 heavy (non-hydrogen) atoms. The molecule has 0 aliphatic carbocycles. The summed E-state index contributed by atoms with van der Waals surface area (Å²) in [4.78, 5) is 14.1. The molecule has 0 unspecified atom stereocenters. The average molecular weight is 404 g/mol. The molecule has 0 spiro atoms. The molecule has 0 bridgehead atoms. The number of nitrogens with one attached hydrogen (secondary N) is 2. The van der Waals surface area contributed by atoms with Crippen LogP contribution in [0.25, 0.3) is 0 Å². The fraction of sp³-hybridized carbons (Fsp3) is 0.167. The van der Waals surface area contributed by atoms with E-state index in [1.54, 1.807) is 12.1 Å². The van der Waals surface area contributed by atoms with Crippen LogP contribution in [0.2, 0.25) is 0 Å². The first-order valence-corrected chi connectivity index (χ1v) is 9.86. The van der Waals surface area contributed by atoms with Gasteiger partial charge in [-0.2, -0.15) is 0 Å². The lowest BCUT2D eigenvalue weighted by molar-refractivity contribution is -0.113. The molecule has 1 heterocycles. The van der Waals surface area contributed by atoms with Crippen molar-refractivity contribution in [2.45, 2.75) is 4.34 Å². The van der Waals surface area contributed by atoms with Crippen molar-refractivity contribution >= 4 is 51.2 Å². The van der Waals surface area contributed by atoms with Gasteiger partial charge in [-0.05, 0) is 42.5 Å². The van der Waals surface area contributed by atoms with Crippen molar-refractivity contribution in [1.82, 2.24) is 10.2 Å². The van der Waals surface area contributed by atoms with E-state index in [1.165, 1.54) is 35.2 Å².